The van der Waals surface area contributed by atoms with Crippen LogP contribution in [0.2, 0.25) is 5.02 Å². The predicted octanol–water partition coefficient (Wildman–Crippen LogP) is 3.77. The summed E-state index contributed by atoms with van der Waals surface area (Å²) < 4.78 is 5.15. The van der Waals surface area contributed by atoms with Gasteiger partial charge in [0.25, 0.3) is 0 Å². The lowest BCUT2D eigenvalue weighted by Crippen LogP contribution is -2.25. The van der Waals surface area contributed by atoms with Crippen molar-refractivity contribution >= 4 is 11.6 Å². The van der Waals surface area contributed by atoms with Gasteiger partial charge in [0.05, 0.1) is 7.11 Å². The zero-order valence-electron chi connectivity index (χ0n) is 11.9. The van der Waals surface area contributed by atoms with Gasteiger partial charge in [-0.1, -0.05) is 35.9 Å². The number of rotatable bonds is 5. The quantitative estimate of drug-likeness (QED) is 0.909. The molecule has 1 atom stereocenters. The molecule has 0 aliphatic heterocycles. The highest BCUT2D eigenvalue weighted by molar-refractivity contribution is 6.31. The molecule has 0 saturated heterocycles. The number of aryl methyl sites for hydroxylation is 1. The van der Waals surface area contributed by atoms with Gasteiger partial charge in [-0.05, 0) is 54.7 Å². The van der Waals surface area contributed by atoms with Crippen LogP contribution in [0.4, 0.5) is 0 Å². The first-order valence-electron chi connectivity index (χ1n) is 6.72. The lowest BCUT2D eigenvalue weighted by atomic mass is 9.99. The van der Waals surface area contributed by atoms with Gasteiger partial charge in [0, 0.05) is 11.1 Å². The Balaban J connectivity index is 1.99. The first-order valence-corrected chi connectivity index (χ1v) is 7.10. The Labute approximate surface area is 125 Å². The van der Waals surface area contributed by atoms with Gasteiger partial charge in [-0.25, -0.2) is 0 Å². The van der Waals surface area contributed by atoms with Gasteiger partial charge in [-0.3, -0.25) is 0 Å². The van der Waals surface area contributed by atoms with Gasteiger partial charge in [0.1, 0.15) is 5.75 Å². The topological polar surface area (TPSA) is 35.2 Å². The van der Waals surface area contributed by atoms with Crippen LogP contribution in [0.1, 0.15) is 16.7 Å². The molecule has 0 fully saturated rings. The summed E-state index contributed by atoms with van der Waals surface area (Å²) in [6.45, 7) is 2.03. The van der Waals surface area contributed by atoms with Crippen LogP contribution >= 0.6 is 11.6 Å². The highest BCUT2D eigenvalue weighted by Gasteiger charge is 2.08. The molecule has 2 aromatic carbocycles. The Hall–Kier alpha value is -1.51. The Morgan fingerprint density at radius 3 is 2.40 bits per heavy atom. The zero-order chi connectivity index (χ0) is 14.5. The van der Waals surface area contributed by atoms with Crippen molar-refractivity contribution in [2.24, 2.45) is 5.73 Å². The van der Waals surface area contributed by atoms with Crippen LogP contribution in [-0.4, -0.2) is 13.2 Å². The summed E-state index contributed by atoms with van der Waals surface area (Å²) in [5.41, 5.74) is 9.71. The van der Waals surface area contributed by atoms with Crippen molar-refractivity contribution in [1.29, 1.82) is 0 Å². The molecule has 0 spiro atoms. The normalized spacial score (nSPS) is 12.2. The third-order valence-electron chi connectivity index (χ3n) is 3.35. The minimum absolute atomic E-state index is 0.0589. The molecule has 0 amide bonds. The smallest absolute Gasteiger partial charge is 0.118 e. The van der Waals surface area contributed by atoms with E-state index in [2.05, 4.69) is 24.3 Å². The number of hydrogen-bond donors (Lipinski definition) is 1. The molecule has 0 radical (unpaired) electrons. The van der Waals surface area contributed by atoms with E-state index < -0.39 is 0 Å². The Bertz CT molecular complexity index is 566. The van der Waals surface area contributed by atoms with Crippen molar-refractivity contribution in [3.8, 4) is 5.75 Å². The first kappa shape index (κ1) is 14.9. The van der Waals surface area contributed by atoms with Gasteiger partial charge < -0.3 is 10.5 Å². The molecule has 3 heteroatoms. The van der Waals surface area contributed by atoms with E-state index in [1.165, 1.54) is 11.1 Å². The van der Waals surface area contributed by atoms with Crippen LogP contribution < -0.4 is 10.5 Å². The zero-order valence-corrected chi connectivity index (χ0v) is 12.7. The van der Waals surface area contributed by atoms with Gasteiger partial charge in [-0.15, -0.1) is 0 Å². The van der Waals surface area contributed by atoms with Crippen LogP contribution in [0.25, 0.3) is 0 Å². The summed E-state index contributed by atoms with van der Waals surface area (Å²) >= 11 is 6.24. The van der Waals surface area contributed by atoms with E-state index >= 15 is 0 Å². The molecule has 0 aliphatic rings. The maximum absolute atomic E-state index is 6.24. The van der Waals surface area contributed by atoms with E-state index in [1.54, 1.807) is 7.11 Å². The number of benzene rings is 2. The van der Waals surface area contributed by atoms with Crippen molar-refractivity contribution in [2.45, 2.75) is 25.8 Å². The van der Waals surface area contributed by atoms with Crippen molar-refractivity contribution < 1.29 is 4.74 Å². The van der Waals surface area contributed by atoms with Crippen molar-refractivity contribution in [1.82, 2.24) is 0 Å². The minimum Gasteiger partial charge on any atom is -0.497 e. The largest absolute Gasteiger partial charge is 0.497 e. The molecule has 0 heterocycles. The average molecular weight is 290 g/mol. The minimum atomic E-state index is 0.0589. The van der Waals surface area contributed by atoms with E-state index in [-0.39, 0.29) is 6.04 Å². The molecule has 2 N–H and O–H groups in total. The van der Waals surface area contributed by atoms with E-state index in [9.17, 15) is 0 Å². The molecule has 0 bridgehead atoms. The maximum Gasteiger partial charge on any atom is 0.118 e. The first-order chi connectivity index (χ1) is 9.58. The average Bonchev–Trinajstić information content (AvgIpc) is 2.43. The summed E-state index contributed by atoms with van der Waals surface area (Å²) in [4.78, 5) is 0. The van der Waals surface area contributed by atoms with Crippen LogP contribution in [0.15, 0.2) is 42.5 Å². The van der Waals surface area contributed by atoms with Gasteiger partial charge in [0.2, 0.25) is 0 Å². The third kappa shape index (κ3) is 3.99. The molecule has 0 aromatic heterocycles. The molecule has 20 heavy (non-hydrogen) atoms. The fourth-order valence-corrected chi connectivity index (χ4v) is 2.55. The van der Waals surface area contributed by atoms with Crippen LogP contribution in [0, 0.1) is 6.92 Å². The van der Waals surface area contributed by atoms with Crippen LogP contribution in [-0.2, 0) is 12.8 Å². The van der Waals surface area contributed by atoms with Gasteiger partial charge in [-0.2, -0.15) is 0 Å². The Morgan fingerprint density at radius 2 is 1.80 bits per heavy atom. The summed E-state index contributed by atoms with van der Waals surface area (Å²) in [5, 5.41) is 0.801. The predicted molar refractivity (Wildman–Crippen MR) is 84.6 cm³/mol. The van der Waals surface area contributed by atoms with Crippen LogP contribution in [0.3, 0.4) is 0 Å². The number of nitrogens with two attached hydrogens (primary N) is 1. The number of hydrogen-bond acceptors (Lipinski definition) is 2. The number of ether oxygens (including phenoxy) is 1. The molecule has 106 valence electrons. The van der Waals surface area contributed by atoms with Crippen molar-refractivity contribution in [3.63, 3.8) is 0 Å². The Morgan fingerprint density at radius 1 is 1.10 bits per heavy atom. The van der Waals surface area contributed by atoms with E-state index in [0.29, 0.717) is 0 Å². The molecule has 2 nitrogen and oxygen atoms in total. The fraction of sp³-hybridized carbons (Fsp3) is 0.294. The fourth-order valence-electron chi connectivity index (χ4n) is 2.24. The molecule has 0 saturated carbocycles. The summed E-state index contributed by atoms with van der Waals surface area (Å²) in [5.74, 6) is 0.865. The van der Waals surface area contributed by atoms with Crippen molar-refractivity contribution in [2.75, 3.05) is 7.11 Å². The van der Waals surface area contributed by atoms with Gasteiger partial charge in [0.15, 0.2) is 0 Å². The molecular formula is C17H20ClNO. The maximum atomic E-state index is 6.24. The second-order valence-corrected chi connectivity index (χ2v) is 5.52. The molecule has 0 aliphatic carbocycles. The molecule has 2 aromatic rings. The Kier molecular flexibility index (Phi) is 5.05. The highest BCUT2D eigenvalue weighted by atomic mass is 35.5. The third-order valence-corrected chi connectivity index (χ3v) is 3.70. The lowest BCUT2D eigenvalue weighted by molar-refractivity contribution is 0.414. The lowest BCUT2D eigenvalue weighted by Gasteiger charge is -2.13. The highest BCUT2D eigenvalue weighted by Crippen LogP contribution is 2.20. The SMILES string of the molecule is COc1ccc(CC(N)Cc2ccc(C)cc2Cl)cc1. The second-order valence-electron chi connectivity index (χ2n) is 5.11. The van der Waals surface area contributed by atoms with E-state index in [0.717, 1.165) is 29.2 Å². The van der Waals surface area contributed by atoms with Gasteiger partial charge >= 0.3 is 0 Å². The van der Waals surface area contributed by atoms with E-state index in [1.807, 2.05) is 25.1 Å². The second kappa shape index (κ2) is 6.78. The molecule has 2 rings (SSSR count). The summed E-state index contributed by atoms with van der Waals surface area (Å²) in [7, 11) is 1.67. The number of halogens is 1. The monoisotopic (exact) mass is 289 g/mol. The van der Waals surface area contributed by atoms with E-state index in [4.69, 9.17) is 22.1 Å². The molecule has 1 unspecified atom stereocenters. The number of methoxy groups -OCH3 is 1. The molecular weight excluding hydrogens is 270 g/mol. The van der Waals surface area contributed by atoms with Crippen LogP contribution in [0.5, 0.6) is 5.75 Å². The summed E-state index contributed by atoms with van der Waals surface area (Å²) in [6, 6.07) is 14.2. The standard InChI is InChI=1S/C17H20ClNO/c1-12-3-6-14(17(18)9-12)11-15(19)10-13-4-7-16(20-2)8-5-13/h3-9,15H,10-11,19H2,1-2H3. The van der Waals surface area contributed by atoms with Crippen molar-refractivity contribution in [3.05, 3.63) is 64.2 Å². The summed E-state index contributed by atoms with van der Waals surface area (Å²) in [6.07, 6.45) is 1.61.